The van der Waals surface area contributed by atoms with E-state index in [1.54, 1.807) is 12.1 Å². The zero-order valence-electron chi connectivity index (χ0n) is 19.8. The van der Waals surface area contributed by atoms with Crippen LogP contribution in [-0.4, -0.2) is 61.4 Å². The van der Waals surface area contributed by atoms with E-state index in [0.717, 1.165) is 59.5 Å². The zero-order valence-corrected chi connectivity index (χ0v) is 20.6. The van der Waals surface area contributed by atoms with E-state index >= 15 is 0 Å². The number of piperazine rings is 1. The van der Waals surface area contributed by atoms with Gasteiger partial charge in [0.15, 0.2) is 0 Å². The van der Waals surface area contributed by atoms with Crippen LogP contribution in [0, 0.1) is 0 Å². The molecule has 1 amide bonds. The number of ether oxygens (including phenoxy) is 1. The number of hydrogen-bond acceptors (Lipinski definition) is 5. The van der Waals surface area contributed by atoms with E-state index in [0.29, 0.717) is 13.0 Å². The summed E-state index contributed by atoms with van der Waals surface area (Å²) >= 11 is 6.16. The lowest BCUT2D eigenvalue weighted by atomic mass is 9.98. The highest BCUT2D eigenvalue weighted by atomic mass is 35.5. The molecule has 1 unspecified atom stereocenters. The predicted octanol–water partition coefficient (Wildman–Crippen LogP) is 4.85. The molecule has 5 rings (SSSR count). The SMILES string of the molecule is COc1ccc(C2CC(c3ccccc3)=NN2C(=O)CN2CCN(c3cccc(Cl)c3)CC2)cc1. The standard InChI is InChI=1S/C28H29ClN4O2/c1-35-25-12-10-22(11-13-25)27-19-26(21-6-3-2-4-7-21)30-33(27)28(34)20-31-14-16-32(17-15-31)24-9-5-8-23(29)18-24/h2-13,18,27H,14-17,19-20H2,1H3. The Morgan fingerprint density at radius 3 is 2.40 bits per heavy atom. The highest BCUT2D eigenvalue weighted by Crippen LogP contribution is 2.34. The van der Waals surface area contributed by atoms with E-state index in [1.165, 1.54) is 0 Å². The molecule has 0 radical (unpaired) electrons. The van der Waals surface area contributed by atoms with Crippen LogP contribution in [0.1, 0.15) is 23.6 Å². The molecule has 0 saturated carbocycles. The van der Waals surface area contributed by atoms with Gasteiger partial charge in [-0.3, -0.25) is 9.69 Å². The number of rotatable bonds is 6. The normalized spacial score (nSPS) is 18.5. The maximum absolute atomic E-state index is 13.5. The second kappa shape index (κ2) is 10.5. The molecule has 1 saturated heterocycles. The van der Waals surface area contributed by atoms with Crippen LogP contribution >= 0.6 is 11.6 Å². The number of nitrogens with zero attached hydrogens (tertiary/aromatic N) is 4. The fourth-order valence-electron chi connectivity index (χ4n) is 4.73. The number of amides is 1. The molecule has 3 aromatic carbocycles. The summed E-state index contributed by atoms with van der Waals surface area (Å²) in [6, 6.07) is 25.8. The first-order valence-corrected chi connectivity index (χ1v) is 12.3. The van der Waals surface area contributed by atoms with E-state index < -0.39 is 0 Å². The number of hydrazone groups is 1. The molecule has 2 aliphatic rings. The van der Waals surface area contributed by atoms with Gasteiger partial charge in [-0.15, -0.1) is 0 Å². The summed E-state index contributed by atoms with van der Waals surface area (Å²) in [6.45, 7) is 3.69. The molecule has 0 aliphatic carbocycles. The Morgan fingerprint density at radius 2 is 1.71 bits per heavy atom. The smallest absolute Gasteiger partial charge is 0.257 e. The van der Waals surface area contributed by atoms with Crippen molar-refractivity contribution in [3.05, 3.63) is 95.0 Å². The molecule has 1 atom stereocenters. The van der Waals surface area contributed by atoms with E-state index in [2.05, 4.69) is 15.9 Å². The summed E-state index contributed by atoms with van der Waals surface area (Å²) in [7, 11) is 1.66. The van der Waals surface area contributed by atoms with Crippen LogP contribution in [0.5, 0.6) is 5.75 Å². The van der Waals surface area contributed by atoms with Crippen LogP contribution in [0.2, 0.25) is 5.02 Å². The molecule has 0 aromatic heterocycles. The topological polar surface area (TPSA) is 48.4 Å². The van der Waals surface area contributed by atoms with Crippen molar-refractivity contribution in [1.29, 1.82) is 0 Å². The molecular weight excluding hydrogens is 460 g/mol. The summed E-state index contributed by atoms with van der Waals surface area (Å²) in [5, 5.41) is 7.24. The first-order chi connectivity index (χ1) is 17.1. The van der Waals surface area contributed by atoms with Crippen molar-refractivity contribution in [3.63, 3.8) is 0 Å². The van der Waals surface area contributed by atoms with Crippen molar-refractivity contribution >= 4 is 28.9 Å². The monoisotopic (exact) mass is 488 g/mol. The lowest BCUT2D eigenvalue weighted by Gasteiger charge is -2.36. The number of carbonyl (C=O) groups excluding carboxylic acids is 1. The van der Waals surface area contributed by atoms with Crippen LogP contribution in [0.4, 0.5) is 5.69 Å². The second-order valence-corrected chi connectivity index (χ2v) is 9.32. The maximum Gasteiger partial charge on any atom is 0.257 e. The van der Waals surface area contributed by atoms with Crippen LogP contribution in [0.25, 0.3) is 0 Å². The van der Waals surface area contributed by atoms with Crippen molar-refractivity contribution in [2.24, 2.45) is 5.10 Å². The van der Waals surface area contributed by atoms with Gasteiger partial charge in [0.05, 0.1) is 25.4 Å². The highest BCUT2D eigenvalue weighted by Gasteiger charge is 2.34. The van der Waals surface area contributed by atoms with Crippen LogP contribution in [0.3, 0.4) is 0 Å². The Bertz CT molecular complexity index is 1190. The fraction of sp³-hybridized carbons (Fsp3) is 0.286. The summed E-state index contributed by atoms with van der Waals surface area (Å²) in [5.74, 6) is 0.819. The average Bonchev–Trinajstić information content (AvgIpc) is 3.36. The first-order valence-electron chi connectivity index (χ1n) is 11.9. The Hall–Kier alpha value is -3.35. The number of halogens is 1. The highest BCUT2D eigenvalue weighted by molar-refractivity contribution is 6.30. The van der Waals surface area contributed by atoms with Crippen molar-refractivity contribution in [2.75, 3.05) is 44.7 Å². The Morgan fingerprint density at radius 1 is 0.971 bits per heavy atom. The van der Waals surface area contributed by atoms with Crippen molar-refractivity contribution in [3.8, 4) is 5.75 Å². The number of hydrogen-bond donors (Lipinski definition) is 0. The Kier molecular flexibility index (Phi) is 7.02. The molecule has 7 heteroatoms. The van der Waals surface area contributed by atoms with Gasteiger partial charge in [0.1, 0.15) is 5.75 Å². The van der Waals surface area contributed by atoms with Gasteiger partial charge in [0.2, 0.25) is 0 Å². The fourth-order valence-corrected chi connectivity index (χ4v) is 4.92. The van der Waals surface area contributed by atoms with Crippen molar-refractivity contribution in [1.82, 2.24) is 9.91 Å². The van der Waals surface area contributed by atoms with Crippen LogP contribution in [0.15, 0.2) is 84.0 Å². The third kappa shape index (κ3) is 5.34. The van der Waals surface area contributed by atoms with E-state index in [-0.39, 0.29) is 11.9 Å². The molecule has 6 nitrogen and oxygen atoms in total. The molecular formula is C28H29ClN4O2. The van der Waals surface area contributed by atoms with E-state index in [1.807, 2.05) is 72.8 Å². The maximum atomic E-state index is 13.5. The minimum absolute atomic E-state index is 0.0213. The van der Waals surface area contributed by atoms with Gasteiger partial charge in [0.25, 0.3) is 5.91 Å². The third-order valence-corrected chi connectivity index (χ3v) is 6.91. The summed E-state index contributed by atoms with van der Waals surface area (Å²) < 4.78 is 5.32. The van der Waals surface area contributed by atoms with Crippen molar-refractivity contribution < 1.29 is 9.53 Å². The lowest BCUT2D eigenvalue weighted by Crippen LogP contribution is -2.49. The van der Waals surface area contributed by atoms with E-state index in [4.69, 9.17) is 21.4 Å². The molecule has 2 aliphatic heterocycles. The van der Waals surface area contributed by atoms with Gasteiger partial charge in [0, 0.05) is 43.3 Å². The average molecular weight is 489 g/mol. The van der Waals surface area contributed by atoms with Crippen LogP contribution < -0.4 is 9.64 Å². The zero-order chi connectivity index (χ0) is 24.2. The largest absolute Gasteiger partial charge is 0.497 e. The van der Waals surface area contributed by atoms with Gasteiger partial charge in [-0.1, -0.05) is 60.1 Å². The van der Waals surface area contributed by atoms with Crippen molar-refractivity contribution in [2.45, 2.75) is 12.5 Å². The quantitative estimate of drug-likeness (QED) is 0.497. The van der Waals surface area contributed by atoms with E-state index in [9.17, 15) is 4.79 Å². The number of methoxy groups -OCH3 is 1. The Balaban J connectivity index is 1.29. The molecule has 0 N–H and O–H groups in total. The number of anilines is 1. The molecule has 0 spiro atoms. The lowest BCUT2D eigenvalue weighted by molar-refractivity contribution is -0.134. The molecule has 1 fully saturated rings. The van der Waals surface area contributed by atoms with Gasteiger partial charge >= 0.3 is 0 Å². The summed E-state index contributed by atoms with van der Waals surface area (Å²) in [5.41, 5.74) is 4.17. The second-order valence-electron chi connectivity index (χ2n) is 8.89. The summed E-state index contributed by atoms with van der Waals surface area (Å²) in [6.07, 6.45) is 0.685. The molecule has 0 bridgehead atoms. The molecule has 35 heavy (non-hydrogen) atoms. The molecule has 2 heterocycles. The minimum atomic E-state index is -0.128. The van der Waals surface area contributed by atoms with Gasteiger partial charge < -0.3 is 9.64 Å². The van der Waals surface area contributed by atoms with Crippen LogP contribution in [-0.2, 0) is 4.79 Å². The summed E-state index contributed by atoms with van der Waals surface area (Å²) in [4.78, 5) is 18.0. The third-order valence-electron chi connectivity index (χ3n) is 6.68. The van der Waals surface area contributed by atoms with Gasteiger partial charge in [-0.2, -0.15) is 5.10 Å². The number of benzene rings is 3. The predicted molar refractivity (Wildman–Crippen MR) is 140 cm³/mol. The van der Waals surface area contributed by atoms with Gasteiger partial charge in [-0.05, 0) is 41.5 Å². The molecule has 3 aromatic rings. The first kappa shape index (κ1) is 23.4. The number of carbonyl (C=O) groups is 1. The minimum Gasteiger partial charge on any atom is -0.497 e. The van der Waals surface area contributed by atoms with Gasteiger partial charge in [-0.25, -0.2) is 5.01 Å². The molecule has 180 valence electrons. The Labute approximate surface area is 211 Å².